The van der Waals surface area contributed by atoms with Crippen molar-refractivity contribution in [3.63, 3.8) is 0 Å². The van der Waals surface area contributed by atoms with Gasteiger partial charge < -0.3 is 14.5 Å². The van der Waals surface area contributed by atoms with E-state index < -0.39 is 0 Å². The van der Waals surface area contributed by atoms with Crippen molar-refractivity contribution in [3.8, 4) is 17.2 Å². The lowest BCUT2D eigenvalue weighted by Crippen LogP contribution is -2.34. The summed E-state index contributed by atoms with van der Waals surface area (Å²) in [5.74, 6) is 0.815. The van der Waals surface area contributed by atoms with E-state index in [1.165, 1.54) is 0 Å². The SMILES string of the molecule is CCOc1cccc(C(=O)NC(=S)Nc2ccc(-c3nc4ncccc4o3)cc2C)c1. The number of hydrogen-bond acceptors (Lipinski definition) is 6. The Labute approximate surface area is 184 Å². The van der Waals surface area contributed by atoms with Gasteiger partial charge in [0.25, 0.3) is 5.91 Å². The van der Waals surface area contributed by atoms with Gasteiger partial charge in [0.15, 0.2) is 16.3 Å². The Kier molecular flexibility index (Phi) is 5.90. The molecule has 0 spiro atoms. The zero-order chi connectivity index (χ0) is 21.8. The van der Waals surface area contributed by atoms with E-state index in [4.69, 9.17) is 21.4 Å². The lowest BCUT2D eigenvalue weighted by atomic mass is 10.1. The van der Waals surface area contributed by atoms with Crippen LogP contribution in [0.3, 0.4) is 0 Å². The lowest BCUT2D eigenvalue weighted by Gasteiger charge is -2.13. The Hall–Kier alpha value is -3.78. The molecule has 0 saturated heterocycles. The molecule has 156 valence electrons. The summed E-state index contributed by atoms with van der Waals surface area (Å²) in [5.41, 5.74) is 4.17. The van der Waals surface area contributed by atoms with Crippen LogP contribution in [0.2, 0.25) is 0 Å². The summed E-state index contributed by atoms with van der Waals surface area (Å²) in [7, 11) is 0. The standard InChI is InChI=1S/C23H20N4O3S/c1-3-29-17-7-4-6-15(13-17)21(28)27-23(31)25-18-10-9-16(12-14(18)2)22-26-20-19(30-22)8-5-11-24-20/h4-13H,3H2,1-2H3,(H2,25,27,28,31). The number of anilines is 1. The molecule has 4 aromatic rings. The van der Waals surface area contributed by atoms with Crippen LogP contribution in [0.5, 0.6) is 5.75 Å². The van der Waals surface area contributed by atoms with Crippen LogP contribution in [0.1, 0.15) is 22.8 Å². The normalized spacial score (nSPS) is 10.6. The zero-order valence-electron chi connectivity index (χ0n) is 17.0. The minimum absolute atomic E-state index is 0.203. The Morgan fingerprint density at radius 2 is 2.03 bits per heavy atom. The number of hydrogen-bond donors (Lipinski definition) is 2. The average molecular weight is 433 g/mol. The van der Waals surface area contributed by atoms with Crippen LogP contribution in [0, 0.1) is 6.92 Å². The quantitative estimate of drug-likeness (QED) is 0.441. The predicted octanol–water partition coefficient (Wildman–Crippen LogP) is 4.72. The highest BCUT2D eigenvalue weighted by atomic mass is 32.1. The molecule has 0 fully saturated rings. The number of thiocarbonyl (C=S) groups is 1. The molecule has 2 aromatic heterocycles. The van der Waals surface area contributed by atoms with Crippen molar-refractivity contribution in [1.29, 1.82) is 0 Å². The summed E-state index contributed by atoms with van der Waals surface area (Å²) in [6, 6.07) is 16.2. The van der Waals surface area contributed by atoms with Gasteiger partial charge in [-0.1, -0.05) is 6.07 Å². The van der Waals surface area contributed by atoms with Crippen LogP contribution in [-0.4, -0.2) is 27.6 Å². The average Bonchev–Trinajstić information content (AvgIpc) is 3.20. The fraction of sp³-hybridized carbons (Fsp3) is 0.130. The molecule has 1 amide bonds. The first kappa shape index (κ1) is 20.5. The van der Waals surface area contributed by atoms with Crippen LogP contribution >= 0.6 is 12.2 Å². The molecule has 0 aliphatic heterocycles. The molecule has 0 aliphatic carbocycles. The second kappa shape index (κ2) is 8.93. The third kappa shape index (κ3) is 4.70. The fourth-order valence-corrected chi connectivity index (χ4v) is 3.25. The molecule has 0 unspecified atom stereocenters. The predicted molar refractivity (Wildman–Crippen MR) is 123 cm³/mol. The number of fused-ring (bicyclic) bond motifs is 1. The van der Waals surface area contributed by atoms with Gasteiger partial charge in [0.1, 0.15) is 5.75 Å². The van der Waals surface area contributed by atoms with Crippen molar-refractivity contribution < 1.29 is 13.9 Å². The Bertz CT molecular complexity index is 1240. The number of carbonyl (C=O) groups is 1. The highest BCUT2D eigenvalue weighted by molar-refractivity contribution is 7.80. The lowest BCUT2D eigenvalue weighted by molar-refractivity contribution is 0.0977. The number of benzene rings is 2. The van der Waals surface area contributed by atoms with E-state index >= 15 is 0 Å². The number of oxazole rings is 1. The van der Waals surface area contributed by atoms with Gasteiger partial charge in [-0.3, -0.25) is 10.1 Å². The highest BCUT2D eigenvalue weighted by Crippen LogP contribution is 2.26. The number of carbonyl (C=O) groups excluding carboxylic acids is 1. The van der Waals surface area contributed by atoms with Gasteiger partial charge in [-0.05, 0) is 80.2 Å². The molecule has 8 heteroatoms. The summed E-state index contributed by atoms with van der Waals surface area (Å²) in [6.07, 6.45) is 1.68. The molecule has 0 aliphatic rings. The van der Waals surface area contributed by atoms with Crippen molar-refractivity contribution in [2.45, 2.75) is 13.8 Å². The van der Waals surface area contributed by atoms with E-state index in [-0.39, 0.29) is 11.0 Å². The van der Waals surface area contributed by atoms with E-state index in [1.54, 1.807) is 36.5 Å². The van der Waals surface area contributed by atoms with Crippen LogP contribution in [-0.2, 0) is 0 Å². The molecule has 0 bridgehead atoms. The van der Waals surface area contributed by atoms with Crippen molar-refractivity contribution in [3.05, 3.63) is 71.9 Å². The largest absolute Gasteiger partial charge is 0.494 e. The minimum atomic E-state index is -0.313. The first-order valence-corrected chi connectivity index (χ1v) is 10.1. The molecule has 0 atom stereocenters. The summed E-state index contributed by atoms with van der Waals surface area (Å²) < 4.78 is 11.2. The molecular weight excluding hydrogens is 412 g/mol. The monoisotopic (exact) mass is 432 g/mol. The number of aryl methyl sites for hydroxylation is 1. The van der Waals surface area contributed by atoms with Crippen molar-refractivity contribution >= 4 is 40.2 Å². The van der Waals surface area contributed by atoms with Crippen LogP contribution in [0.15, 0.2) is 65.2 Å². The second-order valence-corrected chi connectivity index (χ2v) is 7.15. The smallest absolute Gasteiger partial charge is 0.257 e. The van der Waals surface area contributed by atoms with Gasteiger partial charge in [-0.2, -0.15) is 4.98 Å². The van der Waals surface area contributed by atoms with Crippen molar-refractivity contribution in [2.75, 3.05) is 11.9 Å². The first-order valence-electron chi connectivity index (χ1n) is 9.71. The van der Waals surface area contributed by atoms with E-state index in [0.717, 1.165) is 16.8 Å². The molecule has 2 heterocycles. The minimum Gasteiger partial charge on any atom is -0.494 e. The molecule has 2 aromatic carbocycles. The van der Waals surface area contributed by atoms with Crippen LogP contribution in [0.25, 0.3) is 22.7 Å². The Morgan fingerprint density at radius 3 is 2.81 bits per heavy atom. The summed E-state index contributed by atoms with van der Waals surface area (Å²) >= 11 is 5.31. The number of amides is 1. The van der Waals surface area contributed by atoms with Gasteiger partial charge in [-0.15, -0.1) is 0 Å². The summed E-state index contributed by atoms with van der Waals surface area (Å²) in [6.45, 7) is 4.35. The Balaban J connectivity index is 1.44. The third-order valence-corrected chi connectivity index (χ3v) is 4.72. The van der Waals surface area contributed by atoms with Crippen molar-refractivity contribution in [2.24, 2.45) is 0 Å². The topological polar surface area (TPSA) is 89.3 Å². The van der Waals surface area contributed by atoms with E-state index in [1.807, 2.05) is 38.1 Å². The number of nitrogens with one attached hydrogen (secondary N) is 2. The Morgan fingerprint density at radius 1 is 1.16 bits per heavy atom. The maximum absolute atomic E-state index is 12.5. The number of pyridine rings is 1. The molecule has 7 nitrogen and oxygen atoms in total. The summed E-state index contributed by atoms with van der Waals surface area (Å²) in [5, 5.41) is 5.96. The molecule has 0 radical (unpaired) electrons. The number of ether oxygens (including phenoxy) is 1. The molecule has 0 saturated carbocycles. The maximum atomic E-state index is 12.5. The van der Waals surface area contributed by atoms with Gasteiger partial charge in [0, 0.05) is 23.0 Å². The highest BCUT2D eigenvalue weighted by Gasteiger charge is 2.12. The van der Waals surface area contributed by atoms with Gasteiger partial charge in [-0.25, -0.2) is 4.98 Å². The van der Waals surface area contributed by atoms with E-state index in [2.05, 4.69) is 20.6 Å². The molecule has 2 N–H and O–H groups in total. The number of nitrogens with zero attached hydrogens (tertiary/aromatic N) is 2. The molecule has 4 rings (SSSR count). The van der Waals surface area contributed by atoms with Gasteiger partial charge in [0.05, 0.1) is 6.61 Å². The van der Waals surface area contributed by atoms with Gasteiger partial charge in [0.2, 0.25) is 5.89 Å². The first-order chi connectivity index (χ1) is 15.0. The van der Waals surface area contributed by atoms with Gasteiger partial charge >= 0.3 is 0 Å². The third-order valence-electron chi connectivity index (χ3n) is 4.52. The molecular formula is C23H20N4O3S. The fourth-order valence-electron chi connectivity index (χ4n) is 3.05. The van der Waals surface area contributed by atoms with Crippen molar-refractivity contribution in [1.82, 2.24) is 15.3 Å². The van der Waals surface area contributed by atoms with Crippen LogP contribution in [0.4, 0.5) is 5.69 Å². The maximum Gasteiger partial charge on any atom is 0.257 e. The van der Waals surface area contributed by atoms with E-state index in [9.17, 15) is 4.79 Å². The number of rotatable bonds is 5. The number of aromatic nitrogens is 2. The van der Waals surface area contributed by atoms with Crippen LogP contribution < -0.4 is 15.4 Å². The zero-order valence-corrected chi connectivity index (χ0v) is 17.8. The molecule has 31 heavy (non-hydrogen) atoms. The second-order valence-electron chi connectivity index (χ2n) is 6.74. The summed E-state index contributed by atoms with van der Waals surface area (Å²) in [4.78, 5) is 21.1. The van der Waals surface area contributed by atoms with E-state index in [0.29, 0.717) is 35.0 Å².